The second kappa shape index (κ2) is 12.8. The van der Waals surface area contributed by atoms with Gasteiger partial charge in [0.05, 0.1) is 37.9 Å². The fourth-order valence-electron chi connectivity index (χ4n) is 4.43. The standard InChI is InChI=1S/C18H35N3O16S/c19-7-11(26)10(25)4(1-22)33-17(7)35-13-5(2-23)34-18(8(20)12(13)27)36-14-6(3-24)32-16(28)9(21)15(14)37-38(29,30)31/h4-18,22-28H,1-3,19-21H2,(H,29,30,31)/t4-,5-,6-,7-,8-,9-,10-,11-,12-,13?,14?,15-,16-,17+,18+/m1/s1. The molecule has 0 amide bonds. The molecule has 0 aromatic rings. The van der Waals surface area contributed by atoms with Gasteiger partial charge in [0.2, 0.25) is 0 Å². The third-order valence-electron chi connectivity index (χ3n) is 6.54. The van der Waals surface area contributed by atoms with Crippen molar-refractivity contribution in [3.05, 3.63) is 0 Å². The lowest BCUT2D eigenvalue weighted by atomic mass is 9.94. The van der Waals surface area contributed by atoms with Crippen molar-refractivity contribution in [1.29, 1.82) is 0 Å². The van der Waals surface area contributed by atoms with Crippen LogP contribution in [0, 0.1) is 0 Å². The molecule has 3 saturated heterocycles. The second-order valence-corrected chi connectivity index (χ2v) is 10.1. The van der Waals surface area contributed by atoms with Crippen LogP contribution in [-0.2, 0) is 38.3 Å². The molecule has 3 heterocycles. The molecule has 0 bridgehead atoms. The zero-order valence-electron chi connectivity index (χ0n) is 19.8. The topological polar surface area (TPSA) is 329 Å². The number of ether oxygens (including phenoxy) is 5. The maximum Gasteiger partial charge on any atom is 0.397 e. The first-order valence-corrected chi connectivity index (χ1v) is 12.8. The van der Waals surface area contributed by atoms with E-state index in [1.807, 2.05) is 0 Å². The Bertz CT molecular complexity index is 869. The van der Waals surface area contributed by atoms with Crippen LogP contribution in [0.2, 0.25) is 0 Å². The van der Waals surface area contributed by atoms with Crippen LogP contribution in [0.15, 0.2) is 0 Å². The van der Waals surface area contributed by atoms with Crippen molar-refractivity contribution >= 4 is 10.4 Å². The summed E-state index contributed by atoms with van der Waals surface area (Å²) < 4.78 is 63.8. The molecule has 38 heavy (non-hydrogen) atoms. The Morgan fingerprint density at radius 1 is 0.632 bits per heavy atom. The predicted molar refractivity (Wildman–Crippen MR) is 118 cm³/mol. The highest BCUT2D eigenvalue weighted by Gasteiger charge is 2.53. The van der Waals surface area contributed by atoms with Crippen LogP contribution < -0.4 is 17.2 Å². The van der Waals surface area contributed by atoms with E-state index in [0.717, 1.165) is 0 Å². The number of aliphatic hydroxyl groups is 7. The lowest BCUT2D eigenvalue weighted by Crippen LogP contribution is -2.69. The van der Waals surface area contributed by atoms with Crippen molar-refractivity contribution in [1.82, 2.24) is 0 Å². The van der Waals surface area contributed by atoms with E-state index in [-0.39, 0.29) is 0 Å². The summed E-state index contributed by atoms with van der Waals surface area (Å²) in [5.74, 6) is 0. The van der Waals surface area contributed by atoms with Crippen LogP contribution >= 0.6 is 0 Å². The molecule has 0 aromatic heterocycles. The molecule has 0 radical (unpaired) electrons. The van der Waals surface area contributed by atoms with Crippen molar-refractivity contribution < 1.29 is 76.6 Å². The molecule has 0 saturated carbocycles. The Balaban J connectivity index is 1.79. The number of hydrogen-bond acceptors (Lipinski definition) is 18. The summed E-state index contributed by atoms with van der Waals surface area (Å²) >= 11 is 0. The minimum atomic E-state index is -5.14. The highest BCUT2D eigenvalue weighted by molar-refractivity contribution is 7.80. The maximum absolute atomic E-state index is 11.4. The summed E-state index contributed by atoms with van der Waals surface area (Å²) in [4.78, 5) is 0. The van der Waals surface area contributed by atoms with Gasteiger partial charge in [0.1, 0.15) is 54.9 Å². The summed E-state index contributed by atoms with van der Waals surface area (Å²) in [5.41, 5.74) is 17.6. The molecule has 0 aromatic carbocycles. The molecule has 0 aliphatic carbocycles. The van der Waals surface area contributed by atoms with Crippen molar-refractivity contribution in [3.63, 3.8) is 0 Å². The van der Waals surface area contributed by atoms with Crippen molar-refractivity contribution in [2.24, 2.45) is 17.2 Å². The van der Waals surface area contributed by atoms with Gasteiger partial charge in [0, 0.05) is 0 Å². The first-order valence-electron chi connectivity index (χ1n) is 11.5. The molecule has 3 aliphatic heterocycles. The molecule has 2 unspecified atom stereocenters. The normalized spacial score (nSPS) is 48.7. The van der Waals surface area contributed by atoms with E-state index in [9.17, 15) is 44.2 Å². The van der Waals surface area contributed by atoms with E-state index in [0.29, 0.717) is 0 Å². The lowest BCUT2D eigenvalue weighted by molar-refractivity contribution is -0.347. The van der Waals surface area contributed by atoms with Gasteiger partial charge < -0.3 is 76.6 Å². The summed E-state index contributed by atoms with van der Waals surface area (Å²) in [5, 5.41) is 69.8. The third-order valence-corrected chi connectivity index (χ3v) is 7.00. The Labute approximate surface area is 216 Å². The van der Waals surface area contributed by atoms with Crippen LogP contribution in [0.3, 0.4) is 0 Å². The average molecular weight is 582 g/mol. The maximum atomic E-state index is 11.4. The molecule has 3 rings (SSSR count). The molecule has 3 aliphatic rings. The van der Waals surface area contributed by atoms with E-state index in [2.05, 4.69) is 4.18 Å². The van der Waals surface area contributed by atoms with Gasteiger partial charge in [0.15, 0.2) is 18.9 Å². The van der Waals surface area contributed by atoms with Gasteiger partial charge in [-0.1, -0.05) is 0 Å². The summed E-state index contributed by atoms with van der Waals surface area (Å²) in [6.45, 7) is -2.36. The fraction of sp³-hybridized carbons (Fsp3) is 1.00. The minimum Gasteiger partial charge on any atom is -0.394 e. The van der Waals surface area contributed by atoms with Gasteiger partial charge in [-0.2, -0.15) is 8.42 Å². The zero-order valence-corrected chi connectivity index (χ0v) is 20.6. The Morgan fingerprint density at radius 3 is 1.63 bits per heavy atom. The second-order valence-electron chi connectivity index (χ2n) is 9.09. The number of rotatable bonds is 9. The van der Waals surface area contributed by atoms with Gasteiger partial charge in [-0.25, -0.2) is 4.18 Å². The van der Waals surface area contributed by atoms with Crippen LogP contribution in [0.25, 0.3) is 0 Å². The molecule has 0 spiro atoms. The molecule has 15 atom stereocenters. The highest BCUT2D eigenvalue weighted by Crippen LogP contribution is 2.32. The van der Waals surface area contributed by atoms with E-state index in [1.165, 1.54) is 0 Å². The highest BCUT2D eigenvalue weighted by atomic mass is 32.3. The molecule has 224 valence electrons. The van der Waals surface area contributed by atoms with Crippen molar-refractivity contribution in [2.75, 3.05) is 19.8 Å². The molecule has 3 fully saturated rings. The first-order chi connectivity index (χ1) is 17.7. The van der Waals surface area contributed by atoms with Gasteiger partial charge in [-0.15, -0.1) is 0 Å². The van der Waals surface area contributed by atoms with Crippen LogP contribution in [0.4, 0.5) is 0 Å². The Morgan fingerprint density at radius 2 is 1.11 bits per heavy atom. The fourth-order valence-corrected chi connectivity index (χ4v) is 4.94. The minimum absolute atomic E-state index is 0.702. The SMILES string of the molecule is N[C@H]1[C@H](OC2[C@@H](CO)O[C@@H](OC3[C@@H](CO)O[C@@H](O)[C@H](N)[C@H]3OS(=O)(=O)O)[C@H](N)[C@H]2O)O[C@H](CO)[C@@H](O)[C@@H]1O. The van der Waals surface area contributed by atoms with Gasteiger partial charge in [0.25, 0.3) is 0 Å². The molecular weight excluding hydrogens is 546 g/mol. The summed E-state index contributed by atoms with van der Waals surface area (Å²) in [7, 11) is -5.14. The van der Waals surface area contributed by atoms with Crippen molar-refractivity contribution in [2.45, 2.75) is 91.9 Å². The van der Waals surface area contributed by atoms with Gasteiger partial charge in [-0.3, -0.25) is 4.55 Å². The lowest BCUT2D eigenvalue weighted by Gasteiger charge is -2.48. The summed E-state index contributed by atoms with van der Waals surface area (Å²) in [6.07, 6.45) is -18.9. The largest absolute Gasteiger partial charge is 0.397 e. The predicted octanol–water partition coefficient (Wildman–Crippen LogP) is -7.85. The Hall–Kier alpha value is -0.730. The zero-order chi connectivity index (χ0) is 28.5. The quantitative estimate of drug-likeness (QED) is 0.113. The van der Waals surface area contributed by atoms with Crippen LogP contribution in [-0.4, -0.2) is 160 Å². The smallest absolute Gasteiger partial charge is 0.394 e. The van der Waals surface area contributed by atoms with Gasteiger partial charge >= 0.3 is 10.4 Å². The first kappa shape index (κ1) is 31.8. The number of aliphatic hydroxyl groups excluding tert-OH is 7. The van der Waals surface area contributed by atoms with E-state index >= 15 is 0 Å². The average Bonchev–Trinajstić information content (AvgIpc) is 2.86. The van der Waals surface area contributed by atoms with Gasteiger partial charge in [-0.05, 0) is 0 Å². The van der Waals surface area contributed by atoms with E-state index < -0.39 is 122 Å². The summed E-state index contributed by atoms with van der Waals surface area (Å²) in [6, 6.07) is -4.45. The molecule has 14 N–H and O–H groups in total. The van der Waals surface area contributed by atoms with E-state index in [4.69, 9.17) is 45.4 Å². The number of nitrogens with two attached hydrogens (primary N) is 3. The Kier molecular flexibility index (Phi) is 10.7. The molecule has 20 heteroatoms. The number of hydrogen-bond donors (Lipinski definition) is 11. The van der Waals surface area contributed by atoms with Crippen LogP contribution in [0.5, 0.6) is 0 Å². The monoisotopic (exact) mass is 581 g/mol. The van der Waals surface area contributed by atoms with Crippen molar-refractivity contribution in [3.8, 4) is 0 Å². The van der Waals surface area contributed by atoms with Crippen LogP contribution in [0.1, 0.15) is 0 Å². The molecular formula is C18H35N3O16S. The van der Waals surface area contributed by atoms with E-state index in [1.54, 1.807) is 0 Å². The molecule has 19 nitrogen and oxygen atoms in total. The third kappa shape index (κ3) is 6.76.